The maximum Gasteiger partial charge on any atom is 0.246 e. The van der Waals surface area contributed by atoms with E-state index in [9.17, 15) is 13.2 Å². The molecule has 2 aromatic carbocycles. The van der Waals surface area contributed by atoms with Gasteiger partial charge in [0.25, 0.3) is 0 Å². The van der Waals surface area contributed by atoms with Crippen LogP contribution < -0.4 is 10.2 Å². The molecule has 0 radical (unpaired) electrons. The second-order valence-corrected chi connectivity index (χ2v) is 11.2. The zero-order chi connectivity index (χ0) is 23.7. The molecule has 1 saturated carbocycles. The molecule has 5 rings (SSSR count). The molecule has 8 heteroatoms. The summed E-state index contributed by atoms with van der Waals surface area (Å²) in [6.07, 6.45) is 4.84. The Labute approximate surface area is 202 Å². The number of sulfonamides is 1. The smallest absolute Gasteiger partial charge is 0.246 e. The average molecular weight is 481 g/mol. The Balaban J connectivity index is 1.23. The lowest BCUT2D eigenvalue weighted by atomic mass is 10.1. The number of rotatable bonds is 6. The third kappa shape index (κ3) is 4.76. The predicted molar refractivity (Wildman–Crippen MR) is 134 cm³/mol. The highest BCUT2D eigenvalue weighted by Crippen LogP contribution is 2.30. The van der Waals surface area contributed by atoms with Crippen LogP contribution in [0.15, 0.2) is 65.1 Å². The first-order valence-electron chi connectivity index (χ1n) is 12.1. The Hall–Kier alpha value is -2.68. The van der Waals surface area contributed by atoms with Crippen LogP contribution in [0.4, 0.5) is 5.69 Å². The number of nitrogens with zero attached hydrogens (tertiary/aromatic N) is 3. The standard InChI is InChI=1S/C26H32N4O3S/c1-27-26(31)22-12-14-30(15-13-22)34(32,33)25-10-4-21(5-11-25)20-2-6-23(7-3-20)28-16-18-29(19-17-28)24-8-9-24/h2-7,10-12,24H,8-9,13-19H2,1H3,(H,27,31). The lowest BCUT2D eigenvalue weighted by Crippen LogP contribution is -2.47. The molecule has 1 N–H and O–H groups in total. The molecule has 2 aromatic rings. The zero-order valence-corrected chi connectivity index (χ0v) is 20.4. The fraction of sp³-hybridized carbons (Fsp3) is 0.423. The highest BCUT2D eigenvalue weighted by molar-refractivity contribution is 7.89. The van der Waals surface area contributed by atoms with Crippen LogP contribution in [-0.4, -0.2) is 75.9 Å². The van der Waals surface area contributed by atoms with Gasteiger partial charge in [-0.05, 0) is 54.7 Å². The molecular formula is C26H32N4O3S. The van der Waals surface area contributed by atoms with Gasteiger partial charge in [0.1, 0.15) is 0 Å². The molecule has 0 spiro atoms. The molecule has 2 aliphatic heterocycles. The van der Waals surface area contributed by atoms with Gasteiger partial charge in [0, 0.05) is 63.6 Å². The van der Waals surface area contributed by atoms with Gasteiger partial charge in [0.15, 0.2) is 0 Å². The predicted octanol–water partition coefficient (Wildman–Crippen LogP) is 2.70. The monoisotopic (exact) mass is 480 g/mol. The second-order valence-electron chi connectivity index (χ2n) is 9.25. The molecule has 1 aliphatic carbocycles. The summed E-state index contributed by atoms with van der Waals surface area (Å²) in [6.45, 7) is 4.94. The Morgan fingerprint density at radius 1 is 0.882 bits per heavy atom. The van der Waals surface area contributed by atoms with Crippen LogP contribution in [0, 0.1) is 0 Å². The number of anilines is 1. The summed E-state index contributed by atoms with van der Waals surface area (Å²) in [4.78, 5) is 17.1. The lowest BCUT2D eigenvalue weighted by molar-refractivity contribution is -0.117. The van der Waals surface area contributed by atoms with Crippen molar-refractivity contribution < 1.29 is 13.2 Å². The third-order valence-corrected chi connectivity index (χ3v) is 9.01. The SMILES string of the molecule is CNC(=O)C1=CCN(S(=O)(=O)c2ccc(-c3ccc(N4CCN(C5CC5)CC4)cc3)cc2)CC1. The number of hydrogen-bond donors (Lipinski definition) is 1. The molecule has 7 nitrogen and oxygen atoms in total. The molecule has 0 aromatic heterocycles. The molecule has 2 fully saturated rings. The molecule has 2 heterocycles. The number of likely N-dealkylation sites (N-methyl/N-ethyl adjacent to an activating group) is 1. The van der Waals surface area contributed by atoms with Crippen LogP contribution in [0.1, 0.15) is 19.3 Å². The van der Waals surface area contributed by atoms with Gasteiger partial charge < -0.3 is 10.2 Å². The normalized spacial score (nSPS) is 20.1. The summed E-state index contributed by atoms with van der Waals surface area (Å²) >= 11 is 0. The van der Waals surface area contributed by atoms with Gasteiger partial charge in [0.2, 0.25) is 15.9 Å². The number of hydrogen-bond acceptors (Lipinski definition) is 5. The molecule has 1 amide bonds. The molecule has 0 unspecified atom stereocenters. The van der Waals surface area contributed by atoms with Crippen molar-refractivity contribution in [1.82, 2.24) is 14.5 Å². The van der Waals surface area contributed by atoms with E-state index in [1.165, 1.54) is 22.8 Å². The lowest BCUT2D eigenvalue weighted by Gasteiger charge is -2.36. The number of carbonyl (C=O) groups is 1. The number of amides is 1. The number of benzene rings is 2. The fourth-order valence-electron chi connectivity index (χ4n) is 4.85. The summed E-state index contributed by atoms with van der Waals surface area (Å²) in [5.74, 6) is -0.145. The van der Waals surface area contributed by atoms with Gasteiger partial charge in [-0.25, -0.2) is 8.42 Å². The van der Waals surface area contributed by atoms with Crippen LogP contribution in [0.25, 0.3) is 11.1 Å². The first kappa shape index (κ1) is 23.1. The summed E-state index contributed by atoms with van der Waals surface area (Å²) in [6, 6.07) is 16.5. The van der Waals surface area contributed by atoms with Crippen LogP contribution in [0.3, 0.4) is 0 Å². The van der Waals surface area contributed by atoms with E-state index in [4.69, 9.17) is 0 Å². The highest BCUT2D eigenvalue weighted by atomic mass is 32.2. The summed E-state index contributed by atoms with van der Waals surface area (Å²) in [7, 11) is -2.02. The average Bonchev–Trinajstić information content (AvgIpc) is 3.74. The molecule has 0 atom stereocenters. The fourth-order valence-corrected chi connectivity index (χ4v) is 6.23. The van der Waals surface area contributed by atoms with Crippen LogP contribution in [0.2, 0.25) is 0 Å². The number of carbonyl (C=O) groups excluding carboxylic acids is 1. The van der Waals surface area contributed by atoms with E-state index >= 15 is 0 Å². The van der Waals surface area contributed by atoms with Crippen molar-refractivity contribution in [3.8, 4) is 11.1 Å². The number of piperazine rings is 1. The van der Waals surface area contributed by atoms with Gasteiger partial charge >= 0.3 is 0 Å². The van der Waals surface area contributed by atoms with Crippen molar-refractivity contribution in [2.24, 2.45) is 0 Å². The van der Waals surface area contributed by atoms with Crippen molar-refractivity contribution in [3.05, 3.63) is 60.2 Å². The van der Waals surface area contributed by atoms with E-state index in [2.05, 4.69) is 39.4 Å². The minimum Gasteiger partial charge on any atom is -0.369 e. The van der Waals surface area contributed by atoms with Crippen molar-refractivity contribution in [3.63, 3.8) is 0 Å². The van der Waals surface area contributed by atoms with Crippen molar-refractivity contribution in [2.75, 3.05) is 51.2 Å². The van der Waals surface area contributed by atoms with Crippen LogP contribution >= 0.6 is 0 Å². The maximum absolute atomic E-state index is 13.1. The minimum absolute atomic E-state index is 0.145. The highest BCUT2D eigenvalue weighted by Gasteiger charge is 2.31. The van der Waals surface area contributed by atoms with E-state index in [-0.39, 0.29) is 17.3 Å². The second kappa shape index (κ2) is 9.52. The van der Waals surface area contributed by atoms with Crippen molar-refractivity contribution in [2.45, 2.75) is 30.2 Å². The Morgan fingerprint density at radius 3 is 2.03 bits per heavy atom. The largest absolute Gasteiger partial charge is 0.369 e. The molecule has 34 heavy (non-hydrogen) atoms. The molecule has 1 saturated heterocycles. The Bertz CT molecular complexity index is 1160. The Kier molecular flexibility index (Phi) is 6.46. The van der Waals surface area contributed by atoms with Gasteiger partial charge in [-0.2, -0.15) is 4.31 Å². The maximum atomic E-state index is 13.1. The Morgan fingerprint density at radius 2 is 1.50 bits per heavy atom. The van der Waals surface area contributed by atoms with Crippen LogP contribution in [0.5, 0.6) is 0 Å². The third-order valence-electron chi connectivity index (χ3n) is 7.13. The van der Waals surface area contributed by atoms with Gasteiger partial charge in [-0.1, -0.05) is 30.3 Å². The quantitative estimate of drug-likeness (QED) is 0.688. The summed E-state index contributed by atoms with van der Waals surface area (Å²) in [5, 5.41) is 2.59. The van der Waals surface area contributed by atoms with Crippen molar-refractivity contribution >= 4 is 21.6 Å². The first-order valence-corrected chi connectivity index (χ1v) is 13.5. The zero-order valence-electron chi connectivity index (χ0n) is 19.6. The van der Waals surface area contributed by atoms with Gasteiger partial charge in [-0.3, -0.25) is 9.69 Å². The van der Waals surface area contributed by atoms with E-state index in [0.717, 1.165) is 43.3 Å². The van der Waals surface area contributed by atoms with Gasteiger partial charge in [-0.15, -0.1) is 0 Å². The van der Waals surface area contributed by atoms with E-state index in [1.807, 2.05) is 12.1 Å². The molecule has 0 bridgehead atoms. The van der Waals surface area contributed by atoms with Crippen molar-refractivity contribution in [1.29, 1.82) is 0 Å². The molecule has 3 aliphatic rings. The topological polar surface area (TPSA) is 73.0 Å². The van der Waals surface area contributed by atoms with E-state index < -0.39 is 10.0 Å². The first-order chi connectivity index (χ1) is 16.5. The van der Waals surface area contributed by atoms with E-state index in [1.54, 1.807) is 25.3 Å². The summed E-state index contributed by atoms with van der Waals surface area (Å²) in [5.41, 5.74) is 3.94. The minimum atomic E-state index is -3.60. The number of nitrogens with one attached hydrogen (secondary N) is 1. The van der Waals surface area contributed by atoms with Gasteiger partial charge in [0.05, 0.1) is 4.90 Å². The molecular weight excluding hydrogens is 448 g/mol. The van der Waals surface area contributed by atoms with E-state index in [0.29, 0.717) is 18.5 Å². The summed E-state index contributed by atoms with van der Waals surface area (Å²) < 4.78 is 27.5. The molecule has 180 valence electrons. The van der Waals surface area contributed by atoms with Crippen LogP contribution in [-0.2, 0) is 14.8 Å².